The van der Waals surface area contributed by atoms with Gasteiger partial charge in [0.05, 0.1) is 6.04 Å². The van der Waals surface area contributed by atoms with Crippen molar-refractivity contribution in [3.63, 3.8) is 0 Å². The van der Waals surface area contributed by atoms with Gasteiger partial charge in [-0.15, -0.1) is 23.7 Å². The molecule has 1 heterocycles. The average Bonchev–Trinajstić information content (AvgIpc) is 2.79. The van der Waals surface area contributed by atoms with Crippen molar-refractivity contribution in [1.29, 1.82) is 0 Å². The van der Waals surface area contributed by atoms with Crippen molar-refractivity contribution < 1.29 is 9.90 Å². The molecule has 4 nitrogen and oxygen atoms in total. The van der Waals surface area contributed by atoms with Crippen molar-refractivity contribution in [1.82, 2.24) is 4.98 Å². The summed E-state index contributed by atoms with van der Waals surface area (Å²) in [7, 11) is 0. The van der Waals surface area contributed by atoms with Gasteiger partial charge in [0, 0.05) is 5.38 Å². The van der Waals surface area contributed by atoms with Crippen molar-refractivity contribution in [2.24, 2.45) is 5.73 Å². The zero-order valence-corrected chi connectivity index (χ0v) is 11.1. The maximum atomic E-state index is 10.7. The zero-order valence-electron chi connectivity index (χ0n) is 9.45. The molecule has 0 aliphatic carbocycles. The van der Waals surface area contributed by atoms with Gasteiger partial charge in [0.15, 0.2) is 5.69 Å². The van der Waals surface area contributed by atoms with Crippen LogP contribution in [0.2, 0.25) is 0 Å². The molecule has 1 unspecified atom stereocenters. The Morgan fingerprint density at radius 3 is 2.61 bits per heavy atom. The second kappa shape index (κ2) is 6.49. The third-order valence-electron chi connectivity index (χ3n) is 2.36. The van der Waals surface area contributed by atoms with Crippen molar-refractivity contribution in [3.05, 3.63) is 52.0 Å². The van der Waals surface area contributed by atoms with E-state index < -0.39 is 5.97 Å². The first-order chi connectivity index (χ1) is 8.16. The maximum absolute atomic E-state index is 10.7. The van der Waals surface area contributed by atoms with E-state index in [1.54, 1.807) is 0 Å². The quantitative estimate of drug-likeness (QED) is 0.904. The molecule has 0 fully saturated rings. The van der Waals surface area contributed by atoms with E-state index in [1.807, 2.05) is 30.3 Å². The molecule has 2 aromatic rings. The zero-order chi connectivity index (χ0) is 12.3. The Hall–Kier alpha value is -1.43. The van der Waals surface area contributed by atoms with E-state index in [0.29, 0.717) is 11.4 Å². The molecule has 6 heteroatoms. The van der Waals surface area contributed by atoms with E-state index in [4.69, 9.17) is 10.8 Å². The van der Waals surface area contributed by atoms with Crippen LogP contribution in [0.15, 0.2) is 35.7 Å². The molecular formula is C12H13ClN2O2S. The van der Waals surface area contributed by atoms with Gasteiger partial charge in [-0.3, -0.25) is 0 Å². The summed E-state index contributed by atoms with van der Waals surface area (Å²) in [6, 6.07) is 9.58. The van der Waals surface area contributed by atoms with Crippen LogP contribution in [-0.4, -0.2) is 16.1 Å². The van der Waals surface area contributed by atoms with E-state index >= 15 is 0 Å². The fraction of sp³-hybridized carbons (Fsp3) is 0.167. The summed E-state index contributed by atoms with van der Waals surface area (Å²) in [4.78, 5) is 14.7. The number of aromatic nitrogens is 1. The molecule has 0 spiro atoms. The summed E-state index contributed by atoms with van der Waals surface area (Å²) in [5.41, 5.74) is 7.18. The molecule has 1 aromatic heterocycles. The fourth-order valence-electron chi connectivity index (χ4n) is 1.51. The number of hydrogen-bond acceptors (Lipinski definition) is 4. The molecule has 18 heavy (non-hydrogen) atoms. The van der Waals surface area contributed by atoms with Gasteiger partial charge in [0.2, 0.25) is 0 Å². The highest BCUT2D eigenvalue weighted by atomic mass is 35.5. The molecule has 3 N–H and O–H groups in total. The van der Waals surface area contributed by atoms with Gasteiger partial charge in [0.25, 0.3) is 0 Å². The first-order valence-electron chi connectivity index (χ1n) is 5.15. The molecule has 0 aliphatic heterocycles. The first kappa shape index (κ1) is 14.6. The monoisotopic (exact) mass is 284 g/mol. The molecule has 1 aromatic carbocycles. The van der Waals surface area contributed by atoms with Gasteiger partial charge in [-0.1, -0.05) is 30.3 Å². The highest BCUT2D eigenvalue weighted by molar-refractivity contribution is 7.09. The lowest BCUT2D eigenvalue weighted by atomic mass is 10.1. The molecule has 96 valence electrons. The summed E-state index contributed by atoms with van der Waals surface area (Å²) in [6.45, 7) is 0. The number of hydrogen-bond donors (Lipinski definition) is 2. The third-order valence-corrected chi connectivity index (χ3v) is 3.33. The Bertz CT molecular complexity index is 516. The number of halogens is 1. The lowest BCUT2D eigenvalue weighted by Gasteiger charge is -2.07. The average molecular weight is 285 g/mol. The van der Waals surface area contributed by atoms with Crippen molar-refractivity contribution in [2.75, 3.05) is 0 Å². The van der Waals surface area contributed by atoms with Gasteiger partial charge in [-0.25, -0.2) is 9.78 Å². The molecule has 0 aliphatic rings. The SMILES string of the molecule is Cl.NC(Cc1ccccc1)c1nc(C(=O)O)cs1. The van der Waals surface area contributed by atoms with Crippen LogP contribution in [0, 0.1) is 0 Å². The summed E-state index contributed by atoms with van der Waals surface area (Å²) < 4.78 is 0. The maximum Gasteiger partial charge on any atom is 0.355 e. The summed E-state index contributed by atoms with van der Waals surface area (Å²) in [5, 5.41) is 10.9. The minimum absolute atomic E-state index is 0. The minimum Gasteiger partial charge on any atom is -0.476 e. The number of rotatable bonds is 4. The number of benzene rings is 1. The van der Waals surface area contributed by atoms with Crippen LogP contribution >= 0.6 is 23.7 Å². The Morgan fingerprint density at radius 2 is 2.06 bits per heavy atom. The van der Waals surface area contributed by atoms with E-state index in [9.17, 15) is 4.79 Å². The molecular weight excluding hydrogens is 272 g/mol. The Morgan fingerprint density at radius 1 is 1.39 bits per heavy atom. The van der Waals surface area contributed by atoms with Crippen LogP contribution in [0.4, 0.5) is 0 Å². The van der Waals surface area contributed by atoms with Gasteiger partial charge < -0.3 is 10.8 Å². The normalized spacial score (nSPS) is 11.6. The minimum atomic E-state index is -1.01. The molecule has 0 saturated heterocycles. The number of aromatic carboxylic acids is 1. The number of thiazole rings is 1. The lowest BCUT2D eigenvalue weighted by Crippen LogP contribution is -2.13. The van der Waals surface area contributed by atoms with E-state index in [0.717, 1.165) is 5.56 Å². The molecule has 0 saturated carbocycles. The largest absolute Gasteiger partial charge is 0.476 e. The number of carboxylic acid groups (broad SMARTS) is 1. The number of nitrogens with two attached hydrogens (primary N) is 1. The smallest absolute Gasteiger partial charge is 0.355 e. The molecule has 0 bridgehead atoms. The third kappa shape index (κ3) is 3.53. The molecule has 0 radical (unpaired) electrons. The highest BCUT2D eigenvalue weighted by Gasteiger charge is 2.14. The standard InChI is InChI=1S/C12H12N2O2S.ClH/c13-9(6-8-4-2-1-3-5-8)11-14-10(7-17-11)12(15)16;/h1-5,7,9H,6,13H2,(H,15,16);1H. The van der Waals surface area contributed by atoms with Gasteiger partial charge in [0.1, 0.15) is 5.01 Å². The Kier molecular flexibility index (Phi) is 5.27. The fourth-order valence-corrected chi connectivity index (χ4v) is 2.31. The molecule has 0 amide bonds. The highest BCUT2D eigenvalue weighted by Crippen LogP contribution is 2.20. The van der Waals surface area contributed by atoms with Crippen LogP contribution in [0.1, 0.15) is 27.1 Å². The number of carbonyl (C=O) groups is 1. The van der Waals surface area contributed by atoms with Gasteiger partial charge in [-0.2, -0.15) is 0 Å². The second-order valence-corrected chi connectivity index (χ2v) is 4.56. The van der Waals surface area contributed by atoms with Crippen LogP contribution in [0.3, 0.4) is 0 Å². The molecule has 1 atom stereocenters. The lowest BCUT2D eigenvalue weighted by molar-refractivity contribution is 0.0691. The molecule has 2 rings (SSSR count). The van der Waals surface area contributed by atoms with Crippen molar-refractivity contribution in [3.8, 4) is 0 Å². The van der Waals surface area contributed by atoms with Crippen LogP contribution < -0.4 is 5.73 Å². The van der Waals surface area contributed by atoms with Crippen molar-refractivity contribution >= 4 is 29.7 Å². The second-order valence-electron chi connectivity index (χ2n) is 3.67. The summed E-state index contributed by atoms with van der Waals surface area (Å²) >= 11 is 1.29. The van der Waals surface area contributed by atoms with Crippen LogP contribution in [-0.2, 0) is 6.42 Å². The summed E-state index contributed by atoms with van der Waals surface area (Å²) in [5.74, 6) is -1.01. The van der Waals surface area contributed by atoms with E-state index in [1.165, 1.54) is 16.7 Å². The number of carboxylic acids is 1. The predicted molar refractivity (Wildman–Crippen MR) is 73.4 cm³/mol. The van der Waals surface area contributed by atoms with Gasteiger partial charge in [-0.05, 0) is 12.0 Å². The Labute approximate surface area is 115 Å². The van der Waals surface area contributed by atoms with Crippen LogP contribution in [0.5, 0.6) is 0 Å². The summed E-state index contributed by atoms with van der Waals surface area (Å²) in [6.07, 6.45) is 0.660. The first-order valence-corrected chi connectivity index (χ1v) is 6.03. The number of nitrogens with zero attached hydrogens (tertiary/aromatic N) is 1. The van der Waals surface area contributed by atoms with Gasteiger partial charge >= 0.3 is 5.97 Å². The Balaban J connectivity index is 0.00000162. The van der Waals surface area contributed by atoms with E-state index in [-0.39, 0.29) is 24.1 Å². The van der Waals surface area contributed by atoms with Crippen molar-refractivity contribution in [2.45, 2.75) is 12.5 Å². The predicted octanol–water partition coefficient (Wildman–Crippen LogP) is 2.51. The van der Waals surface area contributed by atoms with E-state index in [2.05, 4.69) is 4.98 Å². The topological polar surface area (TPSA) is 76.2 Å². The van der Waals surface area contributed by atoms with Crippen LogP contribution in [0.25, 0.3) is 0 Å².